The Morgan fingerprint density at radius 2 is 1.74 bits per heavy atom. The lowest BCUT2D eigenvalue weighted by atomic mass is 9.98. The van der Waals surface area contributed by atoms with Crippen LogP contribution < -0.4 is 5.73 Å². The van der Waals surface area contributed by atoms with Crippen molar-refractivity contribution >= 4 is 29.5 Å². The number of carbonyl (C=O) groups is 1. The standard InChI is InChI=1S/C21H25Cl2N3O/c1-15-2-4-16(5-3-15)13-25-8-10-26(11-9-25)21(20(24)14-27)18-7-6-17(22)12-19(18)23/h2-7,12,14,20-21H,8-11,13,24H2,1H3. The summed E-state index contributed by atoms with van der Waals surface area (Å²) in [6.45, 7) is 6.53. The molecule has 1 aliphatic rings. The predicted octanol–water partition coefficient (Wildman–Crippen LogP) is 3.69. The quantitative estimate of drug-likeness (QED) is 0.744. The molecule has 0 amide bonds. The van der Waals surface area contributed by atoms with E-state index in [1.807, 2.05) is 6.07 Å². The molecule has 2 unspecified atom stereocenters. The van der Waals surface area contributed by atoms with Gasteiger partial charge in [-0.2, -0.15) is 0 Å². The van der Waals surface area contributed by atoms with Crippen LogP contribution in [-0.2, 0) is 11.3 Å². The highest BCUT2D eigenvalue weighted by atomic mass is 35.5. The first-order valence-corrected chi connectivity index (χ1v) is 9.91. The van der Waals surface area contributed by atoms with Gasteiger partial charge in [0.2, 0.25) is 0 Å². The van der Waals surface area contributed by atoms with Gasteiger partial charge in [-0.25, -0.2) is 0 Å². The molecule has 2 N–H and O–H groups in total. The number of piperazine rings is 1. The molecule has 0 aromatic heterocycles. The van der Waals surface area contributed by atoms with E-state index in [4.69, 9.17) is 28.9 Å². The highest BCUT2D eigenvalue weighted by Crippen LogP contribution is 2.32. The zero-order valence-electron chi connectivity index (χ0n) is 15.4. The average molecular weight is 406 g/mol. The first-order chi connectivity index (χ1) is 13.0. The van der Waals surface area contributed by atoms with Crippen LogP contribution in [0.5, 0.6) is 0 Å². The third-order valence-corrected chi connectivity index (χ3v) is 5.69. The van der Waals surface area contributed by atoms with Crippen molar-refractivity contribution in [2.75, 3.05) is 26.2 Å². The summed E-state index contributed by atoms with van der Waals surface area (Å²) in [5.41, 5.74) is 9.59. The Morgan fingerprint density at radius 1 is 1.07 bits per heavy atom. The topological polar surface area (TPSA) is 49.6 Å². The summed E-state index contributed by atoms with van der Waals surface area (Å²) < 4.78 is 0. The Bertz CT molecular complexity index is 773. The Balaban J connectivity index is 1.69. The fourth-order valence-electron chi connectivity index (χ4n) is 3.61. The second kappa shape index (κ2) is 9.18. The minimum absolute atomic E-state index is 0.242. The van der Waals surface area contributed by atoms with Crippen molar-refractivity contribution in [1.82, 2.24) is 9.80 Å². The summed E-state index contributed by atoms with van der Waals surface area (Å²) in [5.74, 6) is 0. The molecule has 4 nitrogen and oxygen atoms in total. The van der Waals surface area contributed by atoms with E-state index in [0.29, 0.717) is 10.0 Å². The first-order valence-electron chi connectivity index (χ1n) is 9.15. The predicted molar refractivity (Wildman–Crippen MR) is 111 cm³/mol. The number of halogens is 2. The van der Waals surface area contributed by atoms with Crippen LogP contribution in [0.2, 0.25) is 10.0 Å². The average Bonchev–Trinajstić information content (AvgIpc) is 2.66. The maximum absolute atomic E-state index is 11.4. The van der Waals surface area contributed by atoms with Crippen LogP contribution in [-0.4, -0.2) is 48.3 Å². The number of nitrogens with two attached hydrogens (primary N) is 1. The molecule has 1 saturated heterocycles. The Hall–Kier alpha value is -1.43. The number of aryl methyl sites for hydroxylation is 1. The van der Waals surface area contributed by atoms with Crippen molar-refractivity contribution in [3.8, 4) is 0 Å². The van der Waals surface area contributed by atoms with Crippen LogP contribution in [0, 0.1) is 6.92 Å². The van der Waals surface area contributed by atoms with Gasteiger partial charge in [-0.1, -0.05) is 59.1 Å². The first kappa shape index (κ1) is 20.3. The van der Waals surface area contributed by atoms with Crippen LogP contribution in [0.4, 0.5) is 0 Å². The Morgan fingerprint density at radius 3 is 2.33 bits per heavy atom. The number of rotatable bonds is 6. The summed E-state index contributed by atoms with van der Waals surface area (Å²) >= 11 is 12.4. The van der Waals surface area contributed by atoms with Crippen molar-refractivity contribution in [2.24, 2.45) is 5.73 Å². The number of carbonyl (C=O) groups excluding carboxylic acids is 1. The lowest BCUT2D eigenvalue weighted by molar-refractivity contribution is -0.110. The van der Waals surface area contributed by atoms with Crippen LogP contribution in [0.25, 0.3) is 0 Å². The minimum Gasteiger partial charge on any atom is -0.320 e. The molecule has 0 aliphatic carbocycles. The molecule has 0 spiro atoms. The molecule has 0 radical (unpaired) electrons. The maximum atomic E-state index is 11.4. The number of benzene rings is 2. The minimum atomic E-state index is -0.632. The molecule has 0 saturated carbocycles. The summed E-state index contributed by atoms with van der Waals surface area (Å²) in [5, 5.41) is 1.12. The molecule has 6 heteroatoms. The van der Waals surface area contributed by atoms with Gasteiger partial charge in [-0.15, -0.1) is 0 Å². The van der Waals surface area contributed by atoms with Crippen LogP contribution in [0.1, 0.15) is 22.7 Å². The molecule has 3 rings (SSSR count). The normalized spacial score (nSPS) is 18.2. The Labute approximate surface area is 170 Å². The van der Waals surface area contributed by atoms with Crippen molar-refractivity contribution in [3.63, 3.8) is 0 Å². The van der Waals surface area contributed by atoms with E-state index in [9.17, 15) is 4.79 Å². The molecule has 2 atom stereocenters. The van der Waals surface area contributed by atoms with Crippen molar-refractivity contribution in [2.45, 2.75) is 25.6 Å². The third-order valence-electron chi connectivity index (χ3n) is 5.13. The highest BCUT2D eigenvalue weighted by molar-refractivity contribution is 6.35. The lowest BCUT2D eigenvalue weighted by Gasteiger charge is -2.41. The molecular formula is C21H25Cl2N3O. The summed E-state index contributed by atoms with van der Waals surface area (Å²) in [6.07, 6.45) is 0.800. The van der Waals surface area contributed by atoms with Gasteiger partial charge in [0, 0.05) is 42.8 Å². The lowest BCUT2D eigenvalue weighted by Crippen LogP contribution is -2.51. The molecule has 2 aromatic rings. The van der Waals surface area contributed by atoms with E-state index in [2.05, 4.69) is 41.0 Å². The van der Waals surface area contributed by atoms with E-state index in [1.54, 1.807) is 12.1 Å². The van der Waals surface area contributed by atoms with Gasteiger partial charge >= 0.3 is 0 Å². The van der Waals surface area contributed by atoms with Crippen LogP contribution in [0.15, 0.2) is 42.5 Å². The molecule has 1 aliphatic heterocycles. The maximum Gasteiger partial charge on any atom is 0.138 e. The van der Waals surface area contributed by atoms with Crippen molar-refractivity contribution in [3.05, 3.63) is 69.2 Å². The monoisotopic (exact) mass is 405 g/mol. The highest BCUT2D eigenvalue weighted by Gasteiger charge is 2.30. The zero-order chi connectivity index (χ0) is 19.4. The number of nitrogens with zero attached hydrogens (tertiary/aromatic N) is 2. The second-order valence-electron chi connectivity index (χ2n) is 7.12. The number of hydrogen-bond acceptors (Lipinski definition) is 4. The van der Waals surface area contributed by atoms with Gasteiger partial charge in [0.25, 0.3) is 0 Å². The van der Waals surface area contributed by atoms with Gasteiger partial charge in [0.05, 0.1) is 12.1 Å². The summed E-state index contributed by atoms with van der Waals surface area (Å²) in [4.78, 5) is 16.1. The van der Waals surface area contributed by atoms with Gasteiger partial charge in [-0.3, -0.25) is 9.80 Å². The van der Waals surface area contributed by atoms with E-state index < -0.39 is 6.04 Å². The molecule has 1 fully saturated rings. The van der Waals surface area contributed by atoms with Crippen LogP contribution >= 0.6 is 23.2 Å². The van der Waals surface area contributed by atoms with Gasteiger partial charge in [0.1, 0.15) is 6.29 Å². The van der Waals surface area contributed by atoms with Crippen molar-refractivity contribution < 1.29 is 4.79 Å². The van der Waals surface area contributed by atoms with E-state index >= 15 is 0 Å². The SMILES string of the molecule is Cc1ccc(CN2CCN(C(c3ccc(Cl)cc3Cl)C(N)C=O)CC2)cc1. The van der Waals surface area contributed by atoms with Crippen LogP contribution in [0.3, 0.4) is 0 Å². The molecular weight excluding hydrogens is 381 g/mol. The summed E-state index contributed by atoms with van der Waals surface area (Å²) in [6, 6.07) is 13.1. The number of aldehydes is 1. The molecule has 27 heavy (non-hydrogen) atoms. The van der Waals surface area contributed by atoms with Gasteiger partial charge in [0.15, 0.2) is 0 Å². The largest absolute Gasteiger partial charge is 0.320 e. The molecule has 0 bridgehead atoms. The zero-order valence-corrected chi connectivity index (χ0v) is 17.0. The second-order valence-corrected chi connectivity index (χ2v) is 7.97. The number of hydrogen-bond donors (Lipinski definition) is 1. The third kappa shape index (κ3) is 5.09. The fourth-order valence-corrected chi connectivity index (χ4v) is 4.13. The van der Waals surface area contributed by atoms with E-state index in [1.165, 1.54) is 11.1 Å². The fraction of sp³-hybridized carbons (Fsp3) is 0.381. The van der Waals surface area contributed by atoms with Gasteiger partial charge in [-0.05, 0) is 30.2 Å². The summed E-state index contributed by atoms with van der Waals surface area (Å²) in [7, 11) is 0. The van der Waals surface area contributed by atoms with E-state index in [0.717, 1.165) is 44.6 Å². The van der Waals surface area contributed by atoms with Crippen molar-refractivity contribution in [1.29, 1.82) is 0 Å². The Kier molecular flexibility index (Phi) is 6.90. The van der Waals surface area contributed by atoms with Gasteiger partial charge < -0.3 is 10.5 Å². The van der Waals surface area contributed by atoms with E-state index in [-0.39, 0.29) is 6.04 Å². The molecule has 1 heterocycles. The molecule has 144 valence electrons. The smallest absolute Gasteiger partial charge is 0.138 e. The molecule has 2 aromatic carbocycles.